The lowest BCUT2D eigenvalue weighted by Gasteiger charge is -2.26. The molecule has 1 aliphatic rings. The molecule has 2 rings (SSSR count). The second-order valence-corrected chi connectivity index (χ2v) is 6.10. The van der Waals surface area contributed by atoms with Gasteiger partial charge in [0.2, 0.25) is 0 Å². The van der Waals surface area contributed by atoms with E-state index in [9.17, 15) is 5.11 Å². The van der Waals surface area contributed by atoms with E-state index in [4.69, 9.17) is 5.73 Å². The van der Waals surface area contributed by atoms with Gasteiger partial charge in [-0.2, -0.15) is 0 Å². The van der Waals surface area contributed by atoms with Crippen molar-refractivity contribution in [1.82, 2.24) is 5.32 Å². The highest BCUT2D eigenvalue weighted by molar-refractivity contribution is 9.10. The SMILES string of the molecule is Cc1cc(Br)cc(CNC2CCC(O)CC2)c1N. The van der Waals surface area contributed by atoms with Crippen molar-refractivity contribution in [3.63, 3.8) is 0 Å². The molecule has 0 spiro atoms. The Balaban J connectivity index is 1.94. The van der Waals surface area contributed by atoms with Crippen LogP contribution < -0.4 is 11.1 Å². The standard InChI is InChI=1S/C14H21BrN2O/c1-9-6-11(15)7-10(14(9)16)8-17-12-2-4-13(18)5-3-12/h6-7,12-13,17-18H,2-5,8,16H2,1H3. The van der Waals surface area contributed by atoms with Crippen LogP contribution in [0, 0.1) is 6.92 Å². The lowest BCUT2D eigenvalue weighted by molar-refractivity contribution is 0.116. The molecule has 100 valence electrons. The zero-order valence-corrected chi connectivity index (χ0v) is 12.3. The quantitative estimate of drug-likeness (QED) is 0.752. The van der Waals surface area contributed by atoms with Gasteiger partial charge in [0.15, 0.2) is 0 Å². The zero-order chi connectivity index (χ0) is 13.1. The highest BCUT2D eigenvalue weighted by atomic mass is 79.9. The van der Waals surface area contributed by atoms with Crippen LogP contribution in [0.3, 0.4) is 0 Å². The van der Waals surface area contributed by atoms with Crippen molar-refractivity contribution < 1.29 is 5.11 Å². The molecule has 1 aromatic rings. The van der Waals surface area contributed by atoms with Crippen LogP contribution in [0.1, 0.15) is 36.8 Å². The van der Waals surface area contributed by atoms with Gasteiger partial charge >= 0.3 is 0 Å². The number of rotatable bonds is 3. The third-order valence-corrected chi connectivity index (χ3v) is 4.17. The van der Waals surface area contributed by atoms with Crippen molar-refractivity contribution in [3.05, 3.63) is 27.7 Å². The fourth-order valence-electron chi connectivity index (χ4n) is 2.50. The Bertz CT molecular complexity index is 415. The topological polar surface area (TPSA) is 58.3 Å². The number of aryl methyl sites for hydroxylation is 1. The maximum absolute atomic E-state index is 9.48. The molecule has 0 radical (unpaired) electrons. The molecule has 0 saturated heterocycles. The molecular formula is C14H21BrN2O. The highest BCUT2D eigenvalue weighted by Crippen LogP contribution is 2.24. The number of nitrogens with one attached hydrogen (secondary N) is 1. The van der Waals surface area contributed by atoms with Crippen LogP contribution in [-0.4, -0.2) is 17.3 Å². The van der Waals surface area contributed by atoms with Gasteiger partial charge in [0.1, 0.15) is 0 Å². The van der Waals surface area contributed by atoms with E-state index in [-0.39, 0.29) is 6.10 Å². The Morgan fingerprint density at radius 2 is 2.00 bits per heavy atom. The molecule has 1 aromatic carbocycles. The van der Waals surface area contributed by atoms with Gasteiger partial charge < -0.3 is 16.2 Å². The third kappa shape index (κ3) is 3.46. The molecule has 3 nitrogen and oxygen atoms in total. The number of benzene rings is 1. The lowest BCUT2D eigenvalue weighted by Crippen LogP contribution is -2.34. The van der Waals surface area contributed by atoms with Crippen LogP contribution in [-0.2, 0) is 6.54 Å². The summed E-state index contributed by atoms with van der Waals surface area (Å²) < 4.78 is 1.07. The number of anilines is 1. The maximum Gasteiger partial charge on any atom is 0.0541 e. The van der Waals surface area contributed by atoms with E-state index in [1.54, 1.807) is 0 Å². The predicted octanol–water partition coefficient (Wildman–Crippen LogP) is 2.73. The number of hydrogen-bond donors (Lipinski definition) is 3. The van der Waals surface area contributed by atoms with E-state index in [1.807, 2.05) is 13.0 Å². The highest BCUT2D eigenvalue weighted by Gasteiger charge is 2.19. The third-order valence-electron chi connectivity index (χ3n) is 3.72. The first-order valence-electron chi connectivity index (χ1n) is 6.52. The smallest absolute Gasteiger partial charge is 0.0541 e. The first-order valence-corrected chi connectivity index (χ1v) is 7.31. The fourth-order valence-corrected chi connectivity index (χ4v) is 3.12. The average Bonchev–Trinajstić information content (AvgIpc) is 2.34. The summed E-state index contributed by atoms with van der Waals surface area (Å²) in [6.07, 6.45) is 3.82. The zero-order valence-electron chi connectivity index (χ0n) is 10.7. The van der Waals surface area contributed by atoms with Gasteiger partial charge in [0.25, 0.3) is 0 Å². The van der Waals surface area contributed by atoms with Crippen molar-refractivity contribution in [2.75, 3.05) is 5.73 Å². The Kier molecular flexibility index (Phi) is 4.65. The molecule has 0 unspecified atom stereocenters. The van der Waals surface area contributed by atoms with E-state index in [0.29, 0.717) is 6.04 Å². The first kappa shape index (κ1) is 13.8. The molecule has 0 aromatic heterocycles. The summed E-state index contributed by atoms with van der Waals surface area (Å²) in [6, 6.07) is 4.62. The molecule has 0 aliphatic heterocycles. The van der Waals surface area contributed by atoms with Gasteiger partial charge in [-0.1, -0.05) is 15.9 Å². The minimum atomic E-state index is -0.0961. The van der Waals surface area contributed by atoms with Gasteiger partial charge in [-0.3, -0.25) is 0 Å². The number of nitrogens with two attached hydrogens (primary N) is 1. The van der Waals surface area contributed by atoms with Gasteiger partial charge in [-0.15, -0.1) is 0 Å². The normalized spacial score (nSPS) is 24.2. The molecule has 1 saturated carbocycles. The van der Waals surface area contributed by atoms with Gasteiger partial charge in [0.05, 0.1) is 6.10 Å². The van der Waals surface area contributed by atoms with Crippen LogP contribution in [0.2, 0.25) is 0 Å². The molecule has 0 heterocycles. The van der Waals surface area contributed by atoms with E-state index in [2.05, 4.69) is 27.3 Å². The molecule has 0 bridgehead atoms. The van der Waals surface area contributed by atoms with E-state index >= 15 is 0 Å². The molecule has 18 heavy (non-hydrogen) atoms. The maximum atomic E-state index is 9.48. The van der Waals surface area contributed by atoms with E-state index in [0.717, 1.165) is 53.5 Å². The number of halogens is 1. The summed E-state index contributed by atoms with van der Waals surface area (Å²) >= 11 is 3.50. The van der Waals surface area contributed by atoms with Crippen LogP contribution >= 0.6 is 15.9 Å². The van der Waals surface area contributed by atoms with Crippen LogP contribution in [0.25, 0.3) is 0 Å². The molecule has 0 amide bonds. The Morgan fingerprint density at radius 3 is 2.67 bits per heavy atom. The molecule has 1 aliphatic carbocycles. The number of aliphatic hydroxyl groups excluding tert-OH is 1. The van der Waals surface area contributed by atoms with Crippen molar-refractivity contribution in [2.45, 2.75) is 51.3 Å². The fraction of sp³-hybridized carbons (Fsp3) is 0.571. The molecular weight excluding hydrogens is 292 g/mol. The second-order valence-electron chi connectivity index (χ2n) is 5.18. The molecule has 4 heteroatoms. The van der Waals surface area contributed by atoms with Gasteiger partial charge in [-0.25, -0.2) is 0 Å². The van der Waals surface area contributed by atoms with Crippen LogP contribution in [0.15, 0.2) is 16.6 Å². The summed E-state index contributed by atoms with van der Waals surface area (Å²) in [4.78, 5) is 0. The minimum Gasteiger partial charge on any atom is -0.398 e. The molecule has 4 N–H and O–H groups in total. The second kappa shape index (κ2) is 6.04. The van der Waals surface area contributed by atoms with Crippen molar-refractivity contribution >= 4 is 21.6 Å². The van der Waals surface area contributed by atoms with E-state index in [1.165, 1.54) is 0 Å². The summed E-state index contributed by atoms with van der Waals surface area (Å²) in [5.41, 5.74) is 9.22. The molecule has 0 atom stereocenters. The summed E-state index contributed by atoms with van der Waals surface area (Å²) in [6.45, 7) is 2.83. The number of nitrogen functional groups attached to an aromatic ring is 1. The van der Waals surface area contributed by atoms with Crippen molar-refractivity contribution in [1.29, 1.82) is 0 Å². The Hall–Kier alpha value is -0.580. The largest absolute Gasteiger partial charge is 0.398 e. The number of hydrogen-bond acceptors (Lipinski definition) is 3. The number of aliphatic hydroxyl groups is 1. The minimum absolute atomic E-state index is 0.0961. The van der Waals surface area contributed by atoms with Gasteiger partial charge in [0, 0.05) is 22.7 Å². The monoisotopic (exact) mass is 312 g/mol. The van der Waals surface area contributed by atoms with Gasteiger partial charge in [-0.05, 0) is 55.9 Å². The van der Waals surface area contributed by atoms with Crippen molar-refractivity contribution in [3.8, 4) is 0 Å². The Morgan fingerprint density at radius 1 is 1.33 bits per heavy atom. The summed E-state index contributed by atoms with van der Waals surface area (Å²) in [5, 5.41) is 13.0. The predicted molar refractivity (Wildman–Crippen MR) is 78.4 cm³/mol. The van der Waals surface area contributed by atoms with Crippen LogP contribution in [0.4, 0.5) is 5.69 Å². The summed E-state index contributed by atoms with van der Waals surface area (Å²) in [5.74, 6) is 0. The average molecular weight is 313 g/mol. The van der Waals surface area contributed by atoms with E-state index < -0.39 is 0 Å². The van der Waals surface area contributed by atoms with Crippen LogP contribution in [0.5, 0.6) is 0 Å². The van der Waals surface area contributed by atoms with Crippen molar-refractivity contribution in [2.24, 2.45) is 0 Å². The summed E-state index contributed by atoms with van der Waals surface area (Å²) in [7, 11) is 0. The lowest BCUT2D eigenvalue weighted by atomic mass is 9.93. The first-order chi connectivity index (χ1) is 8.56. The Labute approximate surface area is 117 Å². The molecule has 1 fully saturated rings.